The molecule has 0 aliphatic heterocycles. The van der Waals surface area contributed by atoms with Crippen LogP contribution >= 0.6 is 15.9 Å². The van der Waals surface area contributed by atoms with Crippen LogP contribution in [0.3, 0.4) is 0 Å². The summed E-state index contributed by atoms with van der Waals surface area (Å²) < 4.78 is 4.33. The smallest absolute Gasteiger partial charge is 0.280 e. The largest absolute Gasteiger partial charge is 0.295 e. The minimum absolute atomic E-state index is 0.120. The summed E-state index contributed by atoms with van der Waals surface area (Å²) in [4.78, 5) is 17.3. The van der Waals surface area contributed by atoms with E-state index in [1.165, 1.54) is 0 Å². The fraction of sp³-hybridized carbons (Fsp3) is 0.278. The molecular formula is C18H20BrN5O. The Hall–Kier alpha value is -2.41. The summed E-state index contributed by atoms with van der Waals surface area (Å²) in [6.45, 7) is 7.71. The van der Waals surface area contributed by atoms with Crippen LogP contribution in [0.2, 0.25) is 0 Å². The molecule has 1 aromatic carbocycles. The van der Waals surface area contributed by atoms with E-state index in [4.69, 9.17) is 0 Å². The third-order valence-electron chi connectivity index (χ3n) is 4.31. The van der Waals surface area contributed by atoms with E-state index in [9.17, 15) is 4.79 Å². The van der Waals surface area contributed by atoms with Crippen LogP contribution < -0.4 is 5.56 Å². The Morgan fingerprint density at radius 1 is 1.24 bits per heavy atom. The van der Waals surface area contributed by atoms with Gasteiger partial charge in [0.05, 0.1) is 22.6 Å². The highest BCUT2D eigenvalue weighted by Crippen LogP contribution is 2.22. The predicted molar refractivity (Wildman–Crippen MR) is 103 cm³/mol. The molecule has 2 aromatic heterocycles. The molecule has 0 bridgehead atoms. The van der Waals surface area contributed by atoms with Crippen molar-refractivity contribution in [3.05, 3.63) is 61.2 Å². The van der Waals surface area contributed by atoms with Gasteiger partial charge in [-0.2, -0.15) is 5.10 Å². The second kappa shape index (κ2) is 6.48. The van der Waals surface area contributed by atoms with Crippen molar-refractivity contribution >= 4 is 27.8 Å². The van der Waals surface area contributed by atoms with Crippen molar-refractivity contribution in [2.24, 2.45) is 12.0 Å². The fourth-order valence-corrected chi connectivity index (χ4v) is 3.30. The first-order valence-corrected chi connectivity index (χ1v) is 8.71. The SMILES string of the molecule is Cc1cc(Br)ccc1-n1[nH]c(C)c(C=Nc2c(C)nn(C)c2C)c1=O. The number of aliphatic imine (C=N–C) groups is 1. The Kier molecular flexibility index (Phi) is 4.51. The molecule has 0 amide bonds. The van der Waals surface area contributed by atoms with Gasteiger partial charge in [-0.1, -0.05) is 15.9 Å². The first-order valence-electron chi connectivity index (χ1n) is 7.92. The highest BCUT2D eigenvalue weighted by atomic mass is 79.9. The Balaban J connectivity index is 2.06. The van der Waals surface area contributed by atoms with Gasteiger partial charge in [0.25, 0.3) is 5.56 Å². The van der Waals surface area contributed by atoms with Crippen molar-refractivity contribution in [3.63, 3.8) is 0 Å². The lowest BCUT2D eigenvalue weighted by Crippen LogP contribution is -2.18. The standard InChI is InChI=1S/C18H20BrN5O/c1-10-8-14(19)6-7-16(10)24-18(25)15(11(2)22-24)9-20-17-12(3)21-23(5)13(17)4/h6-9,22H,1-5H3. The van der Waals surface area contributed by atoms with E-state index in [2.05, 4.69) is 31.1 Å². The highest BCUT2D eigenvalue weighted by Gasteiger charge is 2.13. The lowest BCUT2D eigenvalue weighted by molar-refractivity contribution is 0.731. The molecule has 0 saturated heterocycles. The maximum Gasteiger partial charge on any atom is 0.280 e. The van der Waals surface area contributed by atoms with Gasteiger partial charge < -0.3 is 0 Å². The van der Waals surface area contributed by atoms with E-state index < -0.39 is 0 Å². The maximum atomic E-state index is 12.8. The van der Waals surface area contributed by atoms with Gasteiger partial charge in [0.1, 0.15) is 5.69 Å². The lowest BCUT2D eigenvalue weighted by Gasteiger charge is -2.06. The quantitative estimate of drug-likeness (QED) is 0.680. The van der Waals surface area contributed by atoms with E-state index in [1.54, 1.807) is 15.6 Å². The van der Waals surface area contributed by atoms with Crippen molar-refractivity contribution < 1.29 is 0 Å². The van der Waals surface area contributed by atoms with Crippen LogP contribution in [0.4, 0.5) is 5.69 Å². The molecular weight excluding hydrogens is 382 g/mol. The van der Waals surface area contributed by atoms with Gasteiger partial charge in [0.15, 0.2) is 0 Å². The molecule has 0 aliphatic carbocycles. The molecule has 1 N–H and O–H groups in total. The summed E-state index contributed by atoms with van der Waals surface area (Å²) in [5.74, 6) is 0. The predicted octanol–water partition coefficient (Wildman–Crippen LogP) is 3.65. The Bertz CT molecular complexity index is 1040. The summed E-state index contributed by atoms with van der Waals surface area (Å²) >= 11 is 3.45. The maximum absolute atomic E-state index is 12.8. The third kappa shape index (κ3) is 3.11. The number of aromatic nitrogens is 4. The number of rotatable bonds is 3. The summed E-state index contributed by atoms with van der Waals surface area (Å²) in [5.41, 5.74) is 5.63. The number of aromatic amines is 1. The highest BCUT2D eigenvalue weighted by molar-refractivity contribution is 9.10. The molecule has 0 radical (unpaired) electrons. The summed E-state index contributed by atoms with van der Waals surface area (Å²) in [6.07, 6.45) is 1.62. The number of hydrogen-bond donors (Lipinski definition) is 1. The molecule has 3 aromatic rings. The molecule has 0 unspecified atom stereocenters. The van der Waals surface area contributed by atoms with Gasteiger partial charge >= 0.3 is 0 Å². The molecule has 3 rings (SSSR count). The number of aryl methyl sites for hydroxylation is 4. The zero-order chi connectivity index (χ0) is 18.3. The lowest BCUT2D eigenvalue weighted by atomic mass is 10.2. The second-order valence-corrected chi connectivity index (χ2v) is 7.04. The molecule has 25 heavy (non-hydrogen) atoms. The average Bonchev–Trinajstić information content (AvgIpc) is 2.95. The Morgan fingerprint density at radius 3 is 2.56 bits per heavy atom. The zero-order valence-electron chi connectivity index (χ0n) is 14.9. The average molecular weight is 402 g/mol. The third-order valence-corrected chi connectivity index (χ3v) is 4.80. The molecule has 7 heteroatoms. The topological polar surface area (TPSA) is 68.0 Å². The van der Waals surface area contributed by atoms with Gasteiger partial charge in [-0.25, -0.2) is 4.68 Å². The van der Waals surface area contributed by atoms with E-state index in [0.29, 0.717) is 5.56 Å². The molecule has 130 valence electrons. The van der Waals surface area contributed by atoms with Crippen LogP contribution in [0.5, 0.6) is 0 Å². The van der Waals surface area contributed by atoms with E-state index in [1.807, 2.05) is 52.9 Å². The van der Waals surface area contributed by atoms with Crippen molar-refractivity contribution in [2.45, 2.75) is 27.7 Å². The van der Waals surface area contributed by atoms with Crippen LogP contribution in [-0.4, -0.2) is 25.8 Å². The van der Waals surface area contributed by atoms with E-state index in [-0.39, 0.29) is 5.56 Å². The van der Waals surface area contributed by atoms with Crippen LogP contribution in [0.15, 0.2) is 32.5 Å². The van der Waals surface area contributed by atoms with Crippen LogP contribution in [0, 0.1) is 27.7 Å². The van der Waals surface area contributed by atoms with Crippen molar-refractivity contribution in [1.82, 2.24) is 19.6 Å². The van der Waals surface area contributed by atoms with Gasteiger partial charge in [0, 0.05) is 23.4 Å². The Morgan fingerprint density at radius 2 is 1.96 bits per heavy atom. The first-order chi connectivity index (χ1) is 11.8. The van der Waals surface area contributed by atoms with Gasteiger partial charge in [0.2, 0.25) is 0 Å². The van der Waals surface area contributed by atoms with Crippen molar-refractivity contribution in [1.29, 1.82) is 0 Å². The first kappa shape index (κ1) is 17.4. The molecule has 0 fully saturated rings. The number of benzene rings is 1. The molecule has 0 aliphatic rings. The number of nitrogens with zero attached hydrogens (tertiary/aromatic N) is 4. The molecule has 6 nitrogen and oxygen atoms in total. The normalized spacial score (nSPS) is 11.6. The minimum Gasteiger partial charge on any atom is -0.295 e. The van der Waals surface area contributed by atoms with Gasteiger partial charge in [-0.3, -0.25) is 19.6 Å². The van der Waals surface area contributed by atoms with Crippen LogP contribution in [-0.2, 0) is 7.05 Å². The number of hydrogen-bond acceptors (Lipinski definition) is 3. The van der Waals surface area contributed by atoms with Crippen LogP contribution in [0.1, 0.15) is 28.2 Å². The monoisotopic (exact) mass is 401 g/mol. The Labute approximate surface area is 154 Å². The minimum atomic E-state index is -0.120. The molecule has 0 spiro atoms. The number of H-pyrrole nitrogens is 1. The zero-order valence-corrected chi connectivity index (χ0v) is 16.5. The summed E-state index contributed by atoms with van der Waals surface area (Å²) in [5, 5.41) is 7.48. The van der Waals surface area contributed by atoms with Crippen LogP contribution in [0.25, 0.3) is 5.69 Å². The van der Waals surface area contributed by atoms with Gasteiger partial charge in [-0.15, -0.1) is 0 Å². The molecule has 0 atom stereocenters. The molecule has 0 saturated carbocycles. The molecule has 2 heterocycles. The van der Waals surface area contributed by atoms with Gasteiger partial charge in [-0.05, 0) is 51.5 Å². The van der Waals surface area contributed by atoms with E-state index in [0.717, 1.165) is 38.5 Å². The second-order valence-electron chi connectivity index (χ2n) is 6.12. The van der Waals surface area contributed by atoms with E-state index >= 15 is 0 Å². The summed E-state index contributed by atoms with van der Waals surface area (Å²) in [6, 6.07) is 5.81. The summed E-state index contributed by atoms with van der Waals surface area (Å²) in [7, 11) is 1.88. The number of halogens is 1. The van der Waals surface area contributed by atoms with Crippen molar-refractivity contribution in [2.75, 3.05) is 0 Å². The van der Waals surface area contributed by atoms with Crippen molar-refractivity contribution in [3.8, 4) is 5.69 Å². The number of nitrogens with one attached hydrogen (secondary N) is 1. The fourth-order valence-electron chi connectivity index (χ4n) is 2.83.